The summed E-state index contributed by atoms with van der Waals surface area (Å²) in [4.78, 5) is 35.3. The van der Waals surface area contributed by atoms with Crippen molar-refractivity contribution in [1.29, 1.82) is 0 Å². The maximum Gasteiger partial charge on any atom is 0.267 e. The average molecular weight is 429 g/mol. The third-order valence-corrected chi connectivity index (χ3v) is 6.65. The summed E-state index contributed by atoms with van der Waals surface area (Å²) in [5.74, 6) is 1.04. The van der Waals surface area contributed by atoms with Gasteiger partial charge in [0.25, 0.3) is 11.5 Å². The molecule has 2 fully saturated rings. The average Bonchev–Trinajstić information content (AvgIpc) is 2.97. The van der Waals surface area contributed by atoms with Gasteiger partial charge in [-0.15, -0.1) is 0 Å². The number of carbonyl (C=O) groups excluding carboxylic acids is 1. The van der Waals surface area contributed by atoms with Gasteiger partial charge in [-0.2, -0.15) is 0 Å². The Morgan fingerprint density at radius 2 is 2.10 bits per heavy atom. The Morgan fingerprint density at radius 1 is 1.31 bits per heavy atom. The van der Waals surface area contributed by atoms with Crippen LogP contribution < -0.4 is 10.5 Å². The summed E-state index contributed by atoms with van der Waals surface area (Å²) in [5.41, 5.74) is 0.892. The number of aromatic nitrogens is 2. The van der Waals surface area contributed by atoms with Crippen molar-refractivity contribution in [2.75, 3.05) is 18.0 Å². The van der Waals surface area contributed by atoms with Crippen molar-refractivity contribution in [2.24, 2.45) is 5.92 Å². The van der Waals surface area contributed by atoms with E-state index in [1.807, 2.05) is 26.0 Å². The molecule has 0 spiro atoms. The number of carbonyl (C=O) groups is 1. The minimum absolute atomic E-state index is 0.0216. The molecular formula is C21H24N4O2S2. The van der Waals surface area contributed by atoms with Gasteiger partial charge >= 0.3 is 0 Å². The van der Waals surface area contributed by atoms with E-state index in [1.165, 1.54) is 22.6 Å². The third kappa shape index (κ3) is 3.71. The Morgan fingerprint density at radius 3 is 2.79 bits per heavy atom. The molecule has 0 aromatic carbocycles. The number of thioether (sulfide) groups is 1. The van der Waals surface area contributed by atoms with Gasteiger partial charge in [-0.1, -0.05) is 37.0 Å². The van der Waals surface area contributed by atoms with Crippen LogP contribution in [0.3, 0.4) is 0 Å². The minimum atomic E-state index is -0.168. The van der Waals surface area contributed by atoms with Crippen LogP contribution in [0.5, 0.6) is 0 Å². The molecule has 152 valence electrons. The number of hydrogen-bond acceptors (Lipinski definition) is 6. The number of amides is 1. The Hall–Kier alpha value is -2.19. The zero-order valence-electron chi connectivity index (χ0n) is 16.8. The van der Waals surface area contributed by atoms with Crippen LogP contribution >= 0.6 is 24.0 Å². The molecule has 8 heteroatoms. The first-order valence-corrected chi connectivity index (χ1v) is 11.1. The third-order valence-electron chi connectivity index (χ3n) is 5.32. The number of anilines is 1. The van der Waals surface area contributed by atoms with E-state index in [2.05, 4.69) is 11.8 Å². The van der Waals surface area contributed by atoms with E-state index in [9.17, 15) is 9.59 Å². The van der Waals surface area contributed by atoms with Gasteiger partial charge < -0.3 is 4.90 Å². The summed E-state index contributed by atoms with van der Waals surface area (Å²) in [6.07, 6.45) is 5.63. The van der Waals surface area contributed by atoms with Crippen LogP contribution in [0, 0.1) is 5.92 Å². The van der Waals surface area contributed by atoms with Crippen LogP contribution in [0.25, 0.3) is 11.7 Å². The Kier molecular flexibility index (Phi) is 5.48. The highest BCUT2D eigenvalue weighted by atomic mass is 32.2. The number of nitrogens with zero attached hydrogens (tertiary/aromatic N) is 4. The molecule has 4 rings (SSSR count). The molecule has 2 saturated heterocycles. The molecule has 0 radical (unpaired) electrons. The Bertz CT molecular complexity index is 1080. The van der Waals surface area contributed by atoms with Crippen LogP contribution in [0.2, 0.25) is 0 Å². The SMILES string of the molecule is CC(C)N1C(=O)/C(=C\c2c(N3CCC[C@@H](C)C3)nc3ccccn3c2=O)SC1=S. The lowest BCUT2D eigenvalue weighted by Crippen LogP contribution is -2.37. The normalized spacial score (nSPS) is 21.8. The molecule has 0 N–H and O–H groups in total. The van der Waals surface area contributed by atoms with E-state index in [0.717, 1.165) is 19.5 Å². The quantitative estimate of drug-likeness (QED) is 0.551. The molecule has 1 atom stereocenters. The monoisotopic (exact) mass is 428 g/mol. The maximum atomic E-state index is 13.3. The largest absolute Gasteiger partial charge is 0.356 e. The highest BCUT2D eigenvalue weighted by Crippen LogP contribution is 2.35. The zero-order chi connectivity index (χ0) is 20.7. The Balaban J connectivity index is 1.88. The van der Waals surface area contributed by atoms with Crippen LogP contribution in [-0.2, 0) is 4.79 Å². The summed E-state index contributed by atoms with van der Waals surface area (Å²) in [5, 5.41) is 0. The van der Waals surface area contributed by atoms with E-state index in [-0.39, 0.29) is 17.5 Å². The van der Waals surface area contributed by atoms with Gasteiger partial charge in [0.05, 0.1) is 10.5 Å². The van der Waals surface area contributed by atoms with Gasteiger partial charge in [0.2, 0.25) is 0 Å². The fourth-order valence-electron chi connectivity index (χ4n) is 3.90. The fourth-order valence-corrected chi connectivity index (χ4v) is 5.40. The van der Waals surface area contributed by atoms with Crippen molar-refractivity contribution in [3.05, 3.63) is 45.2 Å². The second-order valence-electron chi connectivity index (χ2n) is 7.92. The molecule has 2 aliphatic rings. The first-order chi connectivity index (χ1) is 13.9. The standard InChI is InChI=1S/C21H24N4O2S2/c1-13(2)25-20(27)16(29-21(25)28)11-15-18(23-9-6-7-14(3)12-23)22-17-8-4-5-10-24(17)19(15)26/h4-5,8,10-11,13-14H,6-7,9,12H2,1-3H3/b16-11+/t14-/m1/s1. The lowest BCUT2D eigenvalue weighted by Gasteiger charge is -2.32. The van der Waals surface area contributed by atoms with Crippen molar-refractivity contribution in [2.45, 2.75) is 39.7 Å². The van der Waals surface area contributed by atoms with Crippen molar-refractivity contribution < 1.29 is 4.79 Å². The van der Waals surface area contributed by atoms with Crippen molar-refractivity contribution in [3.8, 4) is 0 Å². The van der Waals surface area contributed by atoms with E-state index < -0.39 is 0 Å². The van der Waals surface area contributed by atoms with E-state index >= 15 is 0 Å². The second-order valence-corrected chi connectivity index (χ2v) is 9.60. The van der Waals surface area contributed by atoms with Gasteiger partial charge in [0, 0.05) is 25.3 Å². The molecule has 1 amide bonds. The molecule has 0 bridgehead atoms. The van der Waals surface area contributed by atoms with Crippen molar-refractivity contribution >= 4 is 51.7 Å². The highest BCUT2D eigenvalue weighted by molar-refractivity contribution is 8.26. The topological polar surface area (TPSA) is 57.9 Å². The molecule has 2 aromatic heterocycles. The lowest BCUT2D eigenvalue weighted by atomic mass is 10.00. The summed E-state index contributed by atoms with van der Waals surface area (Å²) in [6.45, 7) is 7.78. The van der Waals surface area contributed by atoms with E-state index in [0.29, 0.717) is 32.2 Å². The molecule has 4 heterocycles. The minimum Gasteiger partial charge on any atom is -0.356 e. The number of piperidine rings is 1. The summed E-state index contributed by atoms with van der Waals surface area (Å²) in [7, 11) is 0. The summed E-state index contributed by atoms with van der Waals surface area (Å²) < 4.78 is 2.06. The zero-order valence-corrected chi connectivity index (χ0v) is 18.4. The van der Waals surface area contributed by atoms with Crippen molar-refractivity contribution in [1.82, 2.24) is 14.3 Å². The molecule has 6 nitrogen and oxygen atoms in total. The van der Waals surface area contributed by atoms with Crippen LogP contribution in [0.4, 0.5) is 5.82 Å². The highest BCUT2D eigenvalue weighted by Gasteiger charge is 2.34. The number of thiocarbonyl (C=S) groups is 1. The van der Waals surface area contributed by atoms with Crippen LogP contribution in [-0.4, -0.2) is 43.6 Å². The lowest BCUT2D eigenvalue weighted by molar-refractivity contribution is -0.123. The van der Waals surface area contributed by atoms with Crippen molar-refractivity contribution in [3.63, 3.8) is 0 Å². The Labute approximate surface area is 179 Å². The number of pyridine rings is 1. The number of rotatable bonds is 3. The van der Waals surface area contributed by atoms with Gasteiger partial charge in [0.1, 0.15) is 15.8 Å². The molecule has 2 aromatic rings. The maximum absolute atomic E-state index is 13.3. The first-order valence-electron chi connectivity index (χ1n) is 9.90. The first kappa shape index (κ1) is 20.1. The predicted octanol–water partition coefficient (Wildman–Crippen LogP) is 3.54. The molecule has 0 unspecified atom stereocenters. The van der Waals surface area contributed by atoms with Gasteiger partial charge in [0.15, 0.2) is 0 Å². The molecule has 29 heavy (non-hydrogen) atoms. The predicted molar refractivity (Wildman–Crippen MR) is 122 cm³/mol. The fraction of sp³-hybridized carbons (Fsp3) is 0.429. The van der Waals surface area contributed by atoms with Crippen LogP contribution in [0.1, 0.15) is 39.2 Å². The van der Waals surface area contributed by atoms with Gasteiger partial charge in [-0.25, -0.2) is 4.98 Å². The molecule has 0 aliphatic carbocycles. The number of hydrogen-bond donors (Lipinski definition) is 0. The molecule has 0 saturated carbocycles. The summed E-state index contributed by atoms with van der Waals surface area (Å²) >= 11 is 6.64. The smallest absolute Gasteiger partial charge is 0.267 e. The van der Waals surface area contributed by atoms with Crippen LogP contribution in [0.15, 0.2) is 34.1 Å². The molecular weight excluding hydrogens is 404 g/mol. The van der Waals surface area contributed by atoms with E-state index in [4.69, 9.17) is 17.2 Å². The summed E-state index contributed by atoms with van der Waals surface area (Å²) in [6, 6.07) is 5.49. The van der Waals surface area contributed by atoms with Gasteiger partial charge in [-0.3, -0.25) is 18.9 Å². The van der Waals surface area contributed by atoms with Gasteiger partial charge in [-0.05, 0) is 50.8 Å². The van der Waals surface area contributed by atoms with E-state index in [1.54, 1.807) is 23.2 Å². The number of fused-ring (bicyclic) bond motifs is 1. The molecule has 2 aliphatic heterocycles. The second kappa shape index (κ2) is 7.91.